The zero-order valence-electron chi connectivity index (χ0n) is 12.1. The number of para-hydroxylation sites is 1. The van der Waals surface area contributed by atoms with Crippen LogP contribution in [0.4, 0.5) is 5.69 Å². The average molecular weight is 319 g/mol. The van der Waals surface area contributed by atoms with Gasteiger partial charge in [-0.1, -0.05) is 29.8 Å². The molecule has 0 atom stereocenters. The number of methoxy groups -OCH3 is 1. The Kier molecular flexibility index (Phi) is 5.01. The van der Waals surface area contributed by atoms with Crippen molar-refractivity contribution >= 4 is 35.2 Å². The zero-order chi connectivity index (χ0) is 16.1. The lowest BCUT2D eigenvalue weighted by molar-refractivity contribution is -0.111. The van der Waals surface area contributed by atoms with Gasteiger partial charge < -0.3 is 15.0 Å². The number of anilines is 1. The third-order valence-electron chi connectivity index (χ3n) is 2.98. The summed E-state index contributed by atoms with van der Waals surface area (Å²) in [5.41, 5.74) is 1.95. The van der Waals surface area contributed by atoms with Gasteiger partial charge in [0.1, 0.15) is 5.69 Å². The lowest BCUT2D eigenvalue weighted by atomic mass is 10.2. The molecular formula is C16H15ClN2O3. The maximum absolute atomic E-state index is 11.9. The molecule has 6 heteroatoms. The van der Waals surface area contributed by atoms with E-state index in [2.05, 4.69) is 15.0 Å². The minimum atomic E-state index is -0.543. The lowest BCUT2D eigenvalue weighted by Gasteiger charge is -2.01. The number of halogens is 1. The molecule has 1 heterocycles. The molecule has 0 unspecified atom stereocenters. The Morgan fingerprint density at radius 2 is 1.95 bits per heavy atom. The molecule has 0 spiro atoms. The SMILES string of the molecule is COC(=O)c1[nH]c(C)c(Cl)c1/C=C/C(=O)Nc1ccccc1. The summed E-state index contributed by atoms with van der Waals surface area (Å²) < 4.78 is 4.68. The van der Waals surface area contributed by atoms with Crippen molar-refractivity contribution in [3.8, 4) is 0 Å². The zero-order valence-corrected chi connectivity index (χ0v) is 12.9. The minimum Gasteiger partial charge on any atom is -0.464 e. The second-order valence-corrected chi connectivity index (χ2v) is 4.91. The van der Waals surface area contributed by atoms with Crippen molar-refractivity contribution in [2.24, 2.45) is 0 Å². The van der Waals surface area contributed by atoms with Crippen molar-refractivity contribution in [2.45, 2.75) is 6.92 Å². The van der Waals surface area contributed by atoms with Crippen LogP contribution in [0.1, 0.15) is 21.7 Å². The molecule has 22 heavy (non-hydrogen) atoms. The highest BCUT2D eigenvalue weighted by atomic mass is 35.5. The first-order chi connectivity index (χ1) is 10.5. The van der Waals surface area contributed by atoms with Crippen LogP contribution in [-0.2, 0) is 9.53 Å². The van der Waals surface area contributed by atoms with Crippen LogP contribution in [0.25, 0.3) is 6.08 Å². The van der Waals surface area contributed by atoms with Crippen LogP contribution in [0.5, 0.6) is 0 Å². The molecule has 0 aliphatic rings. The van der Waals surface area contributed by atoms with Gasteiger partial charge in [-0.2, -0.15) is 0 Å². The maximum atomic E-state index is 11.9. The summed E-state index contributed by atoms with van der Waals surface area (Å²) in [5.74, 6) is -0.866. The fourth-order valence-electron chi connectivity index (χ4n) is 1.91. The van der Waals surface area contributed by atoms with E-state index in [9.17, 15) is 9.59 Å². The second kappa shape index (κ2) is 6.95. The molecule has 0 aliphatic heterocycles. The number of aromatic nitrogens is 1. The molecule has 0 saturated heterocycles. The van der Waals surface area contributed by atoms with Gasteiger partial charge in [0.15, 0.2) is 0 Å². The summed E-state index contributed by atoms with van der Waals surface area (Å²) in [7, 11) is 1.28. The number of hydrogen-bond acceptors (Lipinski definition) is 3. The minimum absolute atomic E-state index is 0.216. The summed E-state index contributed by atoms with van der Waals surface area (Å²) in [4.78, 5) is 26.4. The Bertz CT molecular complexity index is 720. The summed E-state index contributed by atoms with van der Waals surface area (Å²) >= 11 is 6.14. The third kappa shape index (κ3) is 3.56. The number of hydrogen-bond donors (Lipinski definition) is 2. The van der Waals surface area contributed by atoms with Crippen molar-refractivity contribution in [1.29, 1.82) is 0 Å². The number of ether oxygens (including phenoxy) is 1. The molecule has 2 aromatic rings. The number of nitrogens with one attached hydrogen (secondary N) is 2. The number of amides is 1. The second-order valence-electron chi connectivity index (χ2n) is 4.53. The van der Waals surface area contributed by atoms with Gasteiger partial charge in [-0.05, 0) is 25.1 Å². The van der Waals surface area contributed by atoms with Crippen molar-refractivity contribution in [2.75, 3.05) is 12.4 Å². The summed E-state index contributed by atoms with van der Waals surface area (Å²) in [6, 6.07) is 9.05. The molecule has 1 aromatic carbocycles. The molecule has 2 N–H and O–H groups in total. The van der Waals surface area contributed by atoms with E-state index in [1.165, 1.54) is 19.3 Å². The normalized spacial score (nSPS) is 10.7. The summed E-state index contributed by atoms with van der Waals surface area (Å²) in [5, 5.41) is 3.08. The molecule has 1 amide bonds. The van der Waals surface area contributed by atoms with E-state index in [0.717, 1.165) is 0 Å². The van der Waals surface area contributed by atoms with Gasteiger partial charge in [0.2, 0.25) is 5.91 Å². The Balaban J connectivity index is 2.19. The number of aryl methyl sites for hydroxylation is 1. The van der Waals surface area contributed by atoms with E-state index in [4.69, 9.17) is 11.6 Å². The Hall–Kier alpha value is -2.53. The monoisotopic (exact) mass is 318 g/mol. The first-order valence-corrected chi connectivity index (χ1v) is 6.91. The lowest BCUT2D eigenvalue weighted by Crippen LogP contribution is -2.08. The summed E-state index contributed by atoms with van der Waals surface area (Å²) in [6.45, 7) is 1.73. The standard InChI is InChI=1S/C16H15ClN2O3/c1-10-14(17)12(15(18-10)16(21)22-2)8-9-13(20)19-11-6-4-3-5-7-11/h3-9,18H,1-2H3,(H,19,20)/b9-8+. The van der Waals surface area contributed by atoms with Crippen LogP contribution < -0.4 is 5.32 Å². The summed E-state index contributed by atoms with van der Waals surface area (Å²) in [6.07, 6.45) is 2.80. The van der Waals surface area contributed by atoms with Gasteiger partial charge in [-0.15, -0.1) is 0 Å². The van der Waals surface area contributed by atoms with Crippen LogP contribution in [0.2, 0.25) is 5.02 Å². The van der Waals surface area contributed by atoms with Crippen LogP contribution in [0.15, 0.2) is 36.4 Å². The van der Waals surface area contributed by atoms with Crippen LogP contribution in [-0.4, -0.2) is 24.0 Å². The van der Waals surface area contributed by atoms with Crippen LogP contribution in [0, 0.1) is 6.92 Å². The molecular weight excluding hydrogens is 304 g/mol. The average Bonchev–Trinajstić information content (AvgIpc) is 2.81. The number of benzene rings is 1. The smallest absolute Gasteiger partial charge is 0.355 e. The largest absolute Gasteiger partial charge is 0.464 e. The molecule has 114 valence electrons. The molecule has 5 nitrogen and oxygen atoms in total. The number of carbonyl (C=O) groups is 2. The van der Waals surface area contributed by atoms with Gasteiger partial charge in [0.05, 0.1) is 12.1 Å². The van der Waals surface area contributed by atoms with Crippen molar-refractivity contribution in [1.82, 2.24) is 4.98 Å². The molecule has 1 aromatic heterocycles. The van der Waals surface area contributed by atoms with E-state index >= 15 is 0 Å². The van der Waals surface area contributed by atoms with Crippen molar-refractivity contribution < 1.29 is 14.3 Å². The molecule has 0 saturated carbocycles. The van der Waals surface area contributed by atoms with Gasteiger partial charge in [0, 0.05) is 23.0 Å². The Morgan fingerprint density at radius 3 is 2.59 bits per heavy atom. The molecule has 0 bridgehead atoms. The first-order valence-electron chi connectivity index (χ1n) is 6.53. The van der Waals surface area contributed by atoms with E-state index in [1.54, 1.807) is 19.1 Å². The fourth-order valence-corrected chi connectivity index (χ4v) is 2.11. The van der Waals surface area contributed by atoms with Crippen molar-refractivity contribution in [3.63, 3.8) is 0 Å². The Morgan fingerprint density at radius 1 is 1.27 bits per heavy atom. The first kappa shape index (κ1) is 15.9. The van der Waals surface area contributed by atoms with Gasteiger partial charge >= 0.3 is 5.97 Å². The topological polar surface area (TPSA) is 71.2 Å². The highest BCUT2D eigenvalue weighted by Gasteiger charge is 2.18. The molecule has 0 aliphatic carbocycles. The van der Waals surface area contributed by atoms with E-state index in [1.807, 2.05) is 18.2 Å². The number of carbonyl (C=O) groups excluding carboxylic acids is 2. The van der Waals surface area contributed by atoms with E-state index in [-0.39, 0.29) is 11.6 Å². The highest BCUT2D eigenvalue weighted by molar-refractivity contribution is 6.33. The number of rotatable bonds is 4. The molecule has 0 radical (unpaired) electrons. The van der Waals surface area contributed by atoms with Crippen LogP contribution >= 0.6 is 11.6 Å². The Labute approximate surface area is 132 Å². The molecule has 2 rings (SSSR count). The number of aromatic amines is 1. The quantitative estimate of drug-likeness (QED) is 0.670. The van der Waals surface area contributed by atoms with Crippen molar-refractivity contribution in [3.05, 3.63) is 58.4 Å². The van der Waals surface area contributed by atoms with Gasteiger partial charge in [0.25, 0.3) is 0 Å². The third-order valence-corrected chi connectivity index (χ3v) is 3.47. The maximum Gasteiger partial charge on any atom is 0.355 e. The van der Waals surface area contributed by atoms with Gasteiger partial charge in [-0.3, -0.25) is 4.79 Å². The fraction of sp³-hybridized carbons (Fsp3) is 0.125. The highest BCUT2D eigenvalue weighted by Crippen LogP contribution is 2.26. The van der Waals surface area contributed by atoms with E-state index < -0.39 is 5.97 Å². The molecule has 0 fully saturated rings. The number of H-pyrrole nitrogens is 1. The predicted molar refractivity (Wildman–Crippen MR) is 86.0 cm³/mol. The van der Waals surface area contributed by atoms with Crippen LogP contribution in [0.3, 0.4) is 0 Å². The predicted octanol–water partition coefficient (Wildman–Crippen LogP) is 3.42. The number of esters is 1. The van der Waals surface area contributed by atoms with E-state index in [0.29, 0.717) is 22.0 Å². The van der Waals surface area contributed by atoms with Gasteiger partial charge in [-0.25, -0.2) is 4.79 Å².